The van der Waals surface area contributed by atoms with Gasteiger partial charge in [0.25, 0.3) is 0 Å². The van der Waals surface area contributed by atoms with Gasteiger partial charge in [0, 0.05) is 38.4 Å². The Morgan fingerprint density at radius 2 is 1.93 bits per heavy atom. The summed E-state index contributed by atoms with van der Waals surface area (Å²) in [5.41, 5.74) is 1.14. The first-order valence-corrected chi connectivity index (χ1v) is 11.3. The van der Waals surface area contributed by atoms with Crippen LogP contribution in [0.1, 0.15) is 42.5 Å². The van der Waals surface area contributed by atoms with Gasteiger partial charge in [-0.3, -0.25) is 4.79 Å². The number of aromatic nitrogens is 2. The minimum Gasteiger partial charge on any atom is -0.356 e. The van der Waals surface area contributed by atoms with Gasteiger partial charge in [-0.2, -0.15) is 4.98 Å². The molecule has 8 nitrogen and oxygen atoms in total. The lowest BCUT2D eigenvalue weighted by molar-refractivity contribution is -0.121. The monoisotopic (exact) mass is 406 g/mol. The molecule has 1 amide bonds. The van der Waals surface area contributed by atoms with Crippen LogP contribution in [0.15, 0.2) is 34.9 Å². The zero-order chi connectivity index (χ0) is 20.0. The fourth-order valence-electron chi connectivity index (χ4n) is 3.28. The lowest BCUT2D eigenvalue weighted by atomic mass is 9.97. The molecule has 9 heteroatoms. The second kappa shape index (κ2) is 9.29. The number of nitrogens with zero attached hydrogens (tertiary/aromatic N) is 3. The van der Waals surface area contributed by atoms with Gasteiger partial charge < -0.3 is 9.84 Å². The predicted molar refractivity (Wildman–Crippen MR) is 104 cm³/mol. The molecule has 0 aliphatic carbocycles. The van der Waals surface area contributed by atoms with E-state index in [4.69, 9.17) is 4.52 Å². The number of hydrogen-bond acceptors (Lipinski definition) is 6. The van der Waals surface area contributed by atoms with Gasteiger partial charge in [0.2, 0.25) is 21.8 Å². The maximum atomic E-state index is 11.9. The number of aryl methyl sites for hydroxylation is 1. The number of carbonyl (C=O) groups excluding carboxylic acids is 1. The molecular formula is C19H26N4O4S. The van der Waals surface area contributed by atoms with Crippen LogP contribution in [0.25, 0.3) is 0 Å². The standard InChI is InChI=1S/C19H26N4O4S/c1-28(25,26)23-13-10-16(11-14-23)19-21-18(27-22-19)9-12-20-17(24)8-7-15-5-3-2-4-6-15/h2-6,16H,7-14H2,1H3,(H,20,24). The van der Waals surface area contributed by atoms with Crippen LogP contribution in [0.2, 0.25) is 0 Å². The van der Waals surface area contributed by atoms with E-state index in [-0.39, 0.29) is 11.8 Å². The van der Waals surface area contributed by atoms with E-state index in [1.807, 2.05) is 30.3 Å². The van der Waals surface area contributed by atoms with Gasteiger partial charge in [0.15, 0.2) is 5.82 Å². The molecule has 1 aromatic carbocycles. The highest BCUT2D eigenvalue weighted by molar-refractivity contribution is 7.88. The van der Waals surface area contributed by atoms with Gasteiger partial charge in [0.05, 0.1) is 6.26 Å². The smallest absolute Gasteiger partial charge is 0.228 e. The molecule has 2 heterocycles. The largest absolute Gasteiger partial charge is 0.356 e. The second-order valence-corrected chi connectivity index (χ2v) is 9.05. The number of rotatable bonds is 8. The third-order valence-corrected chi connectivity index (χ3v) is 6.22. The number of piperidine rings is 1. The molecule has 0 spiro atoms. The van der Waals surface area contributed by atoms with E-state index in [0.29, 0.717) is 63.5 Å². The minimum absolute atomic E-state index is 0.00302. The maximum absolute atomic E-state index is 11.9. The Kier molecular flexibility index (Phi) is 6.79. The molecule has 1 saturated heterocycles. The van der Waals surface area contributed by atoms with Crippen molar-refractivity contribution in [2.24, 2.45) is 0 Å². The fourth-order valence-corrected chi connectivity index (χ4v) is 4.15. The van der Waals surface area contributed by atoms with Crippen LogP contribution in [0.3, 0.4) is 0 Å². The highest BCUT2D eigenvalue weighted by Gasteiger charge is 2.28. The second-order valence-electron chi connectivity index (χ2n) is 7.07. The Labute approximate surface area is 165 Å². The van der Waals surface area contributed by atoms with Crippen molar-refractivity contribution in [1.29, 1.82) is 0 Å². The molecule has 0 unspecified atom stereocenters. The van der Waals surface area contributed by atoms with E-state index in [1.54, 1.807) is 0 Å². The van der Waals surface area contributed by atoms with Gasteiger partial charge in [-0.05, 0) is 24.8 Å². The number of amides is 1. The normalized spacial score (nSPS) is 16.2. The van der Waals surface area contributed by atoms with Crippen molar-refractivity contribution in [1.82, 2.24) is 19.8 Å². The van der Waals surface area contributed by atoms with Crippen LogP contribution >= 0.6 is 0 Å². The van der Waals surface area contributed by atoms with E-state index in [2.05, 4.69) is 15.5 Å². The van der Waals surface area contributed by atoms with Gasteiger partial charge in [-0.15, -0.1) is 0 Å². The number of hydrogen-bond donors (Lipinski definition) is 1. The van der Waals surface area contributed by atoms with E-state index in [1.165, 1.54) is 10.6 Å². The molecule has 0 atom stereocenters. The summed E-state index contributed by atoms with van der Waals surface area (Å²) in [6.07, 6.45) is 4.23. The van der Waals surface area contributed by atoms with Crippen LogP contribution in [-0.2, 0) is 27.7 Å². The Hall–Kier alpha value is -2.26. The zero-order valence-electron chi connectivity index (χ0n) is 16.0. The van der Waals surface area contributed by atoms with Crippen molar-refractivity contribution >= 4 is 15.9 Å². The summed E-state index contributed by atoms with van der Waals surface area (Å²) in [5.74, 6) is 1.22. The van der Waals surface area contributed by atoms with Crippen molar-refractivity contribution in [3.05, 3.63) is 47.6 Å². The van der Waals surface area contributed by atoms with Gasteiger partial charge in [-0.1, -0.05) is 35.5 Å². The summed E-state index contributed by atoms with van der Waals surface area (Å²) in [6, 6.07) is 9.90. The molecule has 1 aliphatic rings. The van der Waals surface area contributed by atoms with E-state index in [9.17, 15) is 13.2 Å². The van der Waals surface area contributed by atoms with Crippen molar-refractivity contribution in [2.75, 3.05) is 25.9 Å². The SMILES string of the molecule is CS(=O)(=O)N1CCC(c2noc(CCNC(=O)CCc3ccccc3)n2)CC1. The third-order valence-electron chi connectivity index (χ3n) is 4.92. The van der Waals surface area contributed by atoms with E-state index in [0.717, 1.165) is 5.56 Å². The predicted octanol–water partition coefficient (Wildman–Crippen LogP) is 1.50. The van der Waals surface area contributed by atoms with Crippen LogP contribution in [0.4, 0.5) is 0 Å². The molecule has 1 N–H and O–H groups in total. The summed E-state index contributed by atoms with van der Waals surface area (Å²) < 4.78 is 29.9. The summed E-state index contributed by atoms with van der Waals surface area (Å²) in [5, 5.41) is 6.91. The Balaban J connectivity index is 1.38. The van der Waals surface area contributed by atoms with Gasteiger partial charge >= 0.3 is 0 Å². The molecule has 28 heavy (non-hydrogen) atoms. The van der Waals surface area contributed by atoms with E-state index >= 15 is 0 Å². The summed E-state index contributed by atoms with van der Waals surface area (Å²) in [6.45, 7) is 1.40. The molecule has 2 aromatic rings. The molecule has 1 aliphatic heterocycles. The Bertz CT molecular complexity index is 874. The van der Waals surface area contributed by atoms with Crippen molar-refractivity contribution in [2.45, 2.75) is 38.0 Å². The molecule has 3 rings (SSSR count). The first-order valence-electron chi connectivity index (χ1n) is 9.50. The Morgan fingerprint density at radius 3 is 2.61 bits per heavy atom. The fraction of sp³-hybridized carbons (Fsp3) is 0.526. The number of nitrogens with one attached hydrogen (secondary N) is 1. The number of sulfonamides is 1. The number of carbonyl (C=O) groups is 1. The van der Waals surface area contributed by atoms with Gasteiger partial charge in [0.1, 0.15) is 0 Å². The topological polar surface area (TPSA) is 105 Å². The van der Waals surface area contributed by atoms with Crippen LogP contribution in [0.5, 0.6) is 0 Å². The van der Waals surface area contributed by atoms with Crippen molar-refractivity contribution in [3.8, 4) is 0 Å². The number of benzene rings is 1. The van der Waals surface area contributed by atoms with Crippen molar-refractivity contribution < 1.29 is 17.7 Å². The molecule has 1 fully saturated rings. The third kappa shape index (κ3) is 5.87. The van der Waals surface area contributed by atoms with Crippen molar-refractivity contribution in [3.63, 3.8) is 0 Å². The molecule has 0 saturated carbocycles. The maximum Gasteiger partial charge on any atom is 0.228 e. The molecular weight excluding hydrogens is 380 g/mol. The average molecular weight is 407 g/mol. The summed E-state index contributed by atoms with van der Waals surface area (Å²) in [4.78, 5) is 16.4. The highest BCUT2D eigenvalue weighted by atomic mass is 32.2. The van der Waals surface area contributed by atoms with E-state index < -0.39 is 10.0 Å². The van der Waals surface area contributed by atoms with Gasteiger partial charge in [-0.25, -0.2) is 12.7 Å². The molecule has 0 bridgehead atoms. The molecule has 0 radical (unpaired) electrons. The lowest BCUT2D eigenvalue weighted by Gasteiger charge is -2.28. The Morgan fingerprint density at radius 1 is 1.21 bits per heavy atom. The molecule has 1 aromatic heterocycles. The first-order chi connectivity index (χ1) is 13.4. The summed E-state index contributed by atoms with van der Waals surface area (Å²) >= 11 is 0. The van der Waals surface area contributed by atoms with Crippen LogP contribution in [-0.4, -0.2) is 54.7 Å². The lowest BCUT2D eigenvalue weighted by Crippen LogP contribution is -2.37. The quantitative estimate of drug-likeness (QED) is 0.712. The zero-order valence-corrected chi connectivity index (χ0v) is 16.8. The summed E-state index contributed by atoms with van der Waals surface area (Å²) in [7, 11) is -3.14. The minimum atomic E-state index is -3.14. The molecule has 152 valence electrons. The highest BCUT2D eigenvalue weighted by Crippen LogP contribution is 2.26. The van der Waals surface area contributed by atoms with Crippen LogP contribution < -0.4 is 5.32 Å². The first kappa shape index (κ1) is 20.5. The average Bonchev–Trinajstić information content (AvgIpc) is 3.15. The van der Waals surface area contributed by atoms with Crippen LogP contribution in [0, 0.1) is 0 Å².